The summed E-state index contributed by atoms with van der Waals surface area (Å²) in [7, 11) is 0. The van der Waals surface area contributed by atoms with Crippen molar-refractivity contribution in [1.29, 1.82) is 0 Å². The van der Waals surface area contributed by atoms with E-state index >= 15 is 0 Å². The largest absolute Gasteiger partial charge is 0.366 e. The summed E-state index contributed by atoms with van der Waals surface area (Å²) in [4.78, 5) is 5.20. The van der Waals surface area contributed by atoms with Crippen LogP contribution in [-0.4, -0.2) is 30.7 Å². The number of likely N-dealkylation sites (tertiary alicyclic amines) is 1. The molecule has 1 saturated heterocycles. The van der Waals surface area contributed by atoms with E-state index in [2.05, 4.69) is 83.6 Å². The number of hydrogen-bond acceptors (Lipinski definition) is 3. The molecule has 2 aromatic rings. The van der Waals surface area contributed by atoms with Crippen LogP contribution in [0.3, 0.4) is 0 Å². The number of para-hydroxylation sites is 2. The standard InChI is InChI=1S/C21H27N3/c1-21(2,17-8-4-3-5-9-17)23-14-12-18(13-15-23)24-16-22-19-10-6-7-11-20(19)24/h3-11,18,22H,12-16H2,1-2H3. The minimum absolute atomic E-state index is 0.105. The lowest BCUT2D eigenvalue weighted by Crippen LogP contribution is -2.51. The van der Waals surface area contributed by atoms with Gasteiger partial charge in [0.1, 0.15) is 0 Å². The maximum absolute atomic E-state index is 3.53. The molecule has 3 heteroatoms. The van der Waals surface area contributed by atoms with Gasteiger partial charge in [0.15, 0.2) is 0 Å². The van der Waals surface area contributed by atoms with Crippen LogP contribution in [0.15, 0.2) is 54.6 Å². The van der Waals surface area contributed by atoms with Crippen LogP contribution in [0.25, 0.3) is 0 Å². The molecule has 2 aromatic carbocycles. The Morgan fingerprint density at radius 2 is 1.58 bits per heavy atom. The van der Waals surface area contributed by atoms with E-state index in [0.29, 0.717) is 6.04 Å². The highest BCUT2D eigenvalue weighted by Crippen LogP contribution is 2.36. The SMILES string of the molecule is CC(C)(c1ccccc1)N1CCC(N2CNc3ccccc32)CC1. The Morgan fingerprint density at radius 3 is 2.33 bits per heavy atom. The van der Waals surface area contributed by atoms with Crippen molar-refractivity contribution in [3.05, 3.63) is 60.2 Å². The molecule has 0 saturated carbocycles. The Labute approximate surface area is 145 Å². The fourth-order valence-corrected chi connectivity index (χ4v) is 4.22. The minimum Gasteiger partial charge on any atom is -0.366 e. The number of piperidine rings is 1. The molecule has 1 fully saturated rings. The normalized spacial score (nSPS) is 19.2. The van der Waals surface area contributed by atoms with E-state index in [1.165, 1.54) is 29.8 Å². The van der Waals surface area contributed by atoms with Crippen molar-refractivity contribution < 1.29 is 0 Å². The predicted octanol–water partition coefficient (Wildman–Crippen LogP) is 4.28. The Morgan fingerprint density at radius 1 is 0.917 bits per heavy atom. The summed E-state index contributed by atoms with van der Waals surface area (Å²) in [6.07, 6.45) is 2.46. The third-order valence-electron chi connectivity index (χ3n) is 5.83. The molecular weight excluding hydrogens is 294 g/mol. The van der Waals surface area contributed by atoms with Gasteiger partial charge in [-0.2, -0.15) is 0 Å². The summed E-state index contributed by atoms with van der Waals surface area (Å²) in [5, 5.41) is 3.53. The van der Waals surface area contributed by atoms with Crippen LogP contribution in [0.4, 0.5) is 11.4 Å². The van der Waals surface area contributed by atoms with E-state index in [-0.39, 0.29) is 5.54 Å². The van der Waals surface area contributed by atoms with E-state index in [0.717, 1.165) is 19.8 Å². The Balaban J connectivity index is 1.44. The smallest absolute Gasteiger partial charge is 0.0880 e. The van der Waals surface area contributed by atoms with Gasteiger partial charge in [-0.05, 0) is 44.4 Å². The average Bonchev–Trinajstić information content (AvgIpc) is 3.07. The van der Waals surface area contributed by atoms with Gasteiger partial charge < -0.3 is 10.2 Å². The molecule has 2 aliphatic heterocycles. The number of benzene rings is 2. The van der Waals surface area contributed by atoms with Crippen molar-refractivity contribution >= 4 is 11.4 Å². The molecule has 24 heavy (non-hydrogen) atoms. The van der Waals surface area contributed by atoms with Gasteiger partial charge in [-0.25, -0.2) is 0 Å². The molecule has 1 N–H and O–H groups in total. The number of nitrogens with one attached hydrogen (secondary N) is 1. The van der Waals surface area contributed by atoms with Crippen LogP contribution < -0.4 is 10.2 Å². The van der Waals surface area contributed by atoms with Crippen LogP contribution in [0.2, 0.25) is 0 Å². The Kier molecular flexibility index (Phi) is 3.97. The quantitative estimate of drug-likeness (QED) is 0.910. The second kappa shape index (κ2) is 6.14. The van der Waals surface area contributed by atoms with Gasteiger partial charge in [0.2, 0.25) is 0 Å². The van der Waals surface area contributed by atoms with Gasteiger partial charge in [-0.1, -0.05) is 42.5 Å². The third-order valence-corrected chi connectivity index (χ3v) is 5.83. The van der Waals surface area contributed by atoms with E-state index in [1.807, 2.05) is 0 Å². The van der Waals surface area contributed by atoms with Crippen molar-refractivity contribution in [2.24, 2.45) is 0 Å². The maximum atomic E-state index is 3.53. The van der Waals surface area contributed by atoms with Gasteiger partial charge in [0.05, 0.1) is 18.0 Å². The van der Waals surface area contributed by atoms with E-state index in [4.69, 9.17) is 0 Å². The van der Waals surface area contributed by atoms with Crippen molar-refractivity contribution in [3.63, 3.8) is 0 Å². The summed E-state index contributed by atoms with van der Waals surface area (Å²) in [5.41, 5.74) is 4.17. The molecule has 4 rings (SSSR count). The lowest BCUT2D eigenvalue weighted by Gasteiger charge is -2.45. The Bertz CT molecular complexity index is 687. The molecule has 0 radical (unpaired) electrons. The zero-order valence-electron chi connectivity index (χ0n) is 14.7. The van der Waals surface area contributed by atoms with Crippen LogP contribution in [0.5, 0.6) is 0 Å². The molecule has 0 aromatic heterocycles. The minimum atomic E-state index is 0.105. The van der Waals surface area contributed by atoms with Crippen molar-refractivity contribution in [2.75, 3.05) is 30.0 Å². The van der Waals surface area contributed by atoms with Crippen molar-refractivity contribution in [2.45, 2.75) is 38.3 Å². The third kappa shape index (κ3) is 2.67. The van der Waals surface area contributed by atoms with Crippen molar-refractivity contribution in [1.82, 2.24) is 4.90 Å². The molecule has 0 bridgehead atoms. The first-order valence-corrected chi connectivity index (χ1v) is 9.06. The number of nitrogens with zero attached hydrogens (tertiary/aromatic N) is 2. The molecule has 2 heterocycles. The van der Waals surface area contributed by atoms with Gasteiger partial charge >= 0.3 is 0 Å². The van der Waals surface area contributed by atoms with E-state index < -0.39 is 0 Å². The molecule has 126 valence electrons. The second-order valence-corrected chi connectivity index (χ2v) is 7.47. The maximum Gasteiger partial charge on any atom is 0.0880 e. The van der Waals surface area contributed by atoms with Gasteiger partial charge in [0, 0.05) is 24.7 Å². The highest BCUT2D eigenvalue weighted by atomic mass is 15.3. The van der Waals surface area contributed by atoms with Gasteiger partial charge in [-0.3, -0.25) is 4.90 Å². The molecule has 0 spiro atoms. The Hall–Kier alpha value is -2.00. The molecule has 0 aliphatic carbocycles. The summed E-state index contributed by atoms with van der Waals surface area (Å²) >= 11 is 0. The topological polar surface area (TPSA) is 18.5 Å². The zero-order valence-corrected chi connectivity index (χ0v) is 14.7. The zero-order chi connectivity index (χ0) is 16.6. The highest BCUT2D eigenvalue weighted by Gasteiger charge is 2.35. The molecular formula is C21H27N3. The van der Waals surface area contributed by atoms with E-state index in [9.17, 15) is 0 Å². The molecule has 0 unspecified atom stereocenters. The highest BCUT2D eigenvalue weighted by molar-refractivity contribution is 5.74. The first-order valence-electron chi connectivity index (χ1n) is 9.06. The first kappa shape index (κ1) is 15.5. The number of anilines is 2. The molecule has 0 amide bonds. The first-order chi connectivity index (χ1) is 11.7. The lowest BCUT2D eigenvalue weighted by atomic mass is 9.89. The van der Waals surface area contributed by atoms with Gasteiger partial charge in [-0.15, -0.1) is 0 Å². The summed E-state index contributed by atoms with van der Waals surface area (Å²) < 4.78 is 0. The average molecular weight is 321 g/mol. The molecule has 3 nitrogen and oxygen atoms in total. The van der Waals surface area contributed by atoms with Crippen LogP contribution >= 0.6 is 0 Å². The number of rotatable bonds is 3. The van der Waals surface area contributed by atoms with Gasteiger partial charge in [0.25, 0.3) is 0 Å². The fourth-order valence-electron chi connectivity index (χ4n) is 4.22. The molecule has 0 atom stereocenters. The summed E-state index contributed by atoms with van der Waals surface area (Å²) in [6.45, 7) is 7.98. The lowest BCUT2D eigenvalue weighted by molar-refractivity contribution is 0.0863. The summed E-state index contributed by atoms with van der Waals surface area (Å²) in [6, 6.07) is 20.2. The van der Waals surface area contributed by atoms with Crippen molar-refractivity contribution in [3.8, 4) is 0 Å². The predicted molar refractivity (Wildman–Crippen MR) is 101 cm³/mol. The van der Waals surface area contributed by atoms with Crippen LogP contribution in [0.1, 0.15) is 32.3 Å². The number of hydrogen-bond donors (Lipinski definition) is 1. The number of fused-ring (bicyclic) bond motifs is 1. The van der Waals surface area contributed by atoms with Crippen LogP contribution in [-0.2, 0) is 5.54 Å². The second-order valence-electron chi connectivity index (χ2n) is 7.47. The monoisotopic (exact) mass is 321 g/mol. The van der Waals surface area contributed by atoms with Crippen LogP contribution in [0, 0.1) is 0 Å². The fraction of sp³-hybridized carbons (Fsp3) is 0.429. The summed E-state index contributed by atoms with van der Waals surface area (Å²) in [5.74, 6) is 0. The van der Waals surface area contributed by atoms with E-state index in [1.54, 1.807) is 0 Å². The molecule has 2 aliphatic rings.